The number of hydrogen-bond donors (Lipinski definition) is 1. The second-order valence-corrected chi connectivity index (χ2v) is 7.33. The molecule has 0 spiro atoms. The van der Waals surface area contributed by atoms with Crippen molar-refractivity contribution in [3.63, 3.8) is 0 Å². The van der Waals surface area contributed by atoms with Gasteiger partial charge in [-0.25, -0.2) is 4.39 Å². The van der Waals surface area contributed by atoms with Gasteiger partial charge in [0.2, 0.25) is 5.91 Å². The lowest BCUT2D eigenvalue weighted by molar-refractivity contribution is -0.152. The van der Waals surface area contributed by atoms with Crippen molar-refractivity contribution in [3.8, 4) is 0 Å². The van der Waals surface area contributed by atoms with Crippen molar-refractivity contribution in [2.75, 3.05) is 6.61 Å². The van der Waals surface area contributed by atoms with Crippen LogP contribution in [0.5, 0.6) is 0 Å². The number of alkyl halides is 2. The number of ether oxygens (including phenoxy) is 1. The second-order valence-electron chi connectivity index (χ2n) is 7.33. The van der Waals surface area contributed by atoms with Crippen molar-refractivity contribution in [2.45, 2.75) is 32.3 Å². The minimum absolute atomic E-state index is 0.148. The highest BCUT2D eigenvalue weighted by atomic mass is 19.3. The molecule has 4 nitrogen and oxygen atoms in total. The first kappa shape index (κ1) is 23.5. The average molecular weight is 442 g/mol. The zero-order chi connectivity index (χ0) is 22.8. The number of carbonyl (C=O) groups excluding carboxylic acids is 1. The largest absolute Gasteiger partial charge is 0.351 e. The summed E-state index contributed by atoms with van der Waals surface area (Å²) in [6.45, 7) is -2.56. The Morgan fingerprint density at radius 2 is 1.34 bits per heavy atom. The number of amides is 1. The number of hydrogen-bond acceptors (Lipinski definition) is 3. The van der Waals surface area contributed by atoms with Gasteiger partial charge in [0.25, 0.3) is 0 Å². The Labute approximate surface area is 185 Å². The first-order valence-electron chi connectivity index (χ1n) is 10.2. The first-order valence-corrected chi connectivity index (χ1v) is 10.2. The van der Waals surface area contributed by atoms with Gasteiger partial charge in [0, 0.05) is 19.6 Å². The van der Waals surface area contributed by atoms with Gasteiger partial charge in [-0.15, -0.1) is 0 Å². The van der Waals surface area contributed by atoms with Crippen LogP contribution in [0.25, 0.3) is 0 Å². The van der Waals surface area contributed by atoms with Crippen LogP contribution in [0.3, 0.4) is 0 Å². The molecule has 0 saturated heterocycles. The molecule has 1 amide bonds. The summed E-state index contributed by atoms with van der Waals surface area (Å²) in [6.07, 6.45) is 0. The summed E-state index contributed by atoms with van der Waals surface area (Å²) in [6, 6.07) is 23.7. The van der Waals surface area contributed by atoms with E-state index in [4.69, 9.17) is 0 Å². The standard InChI is InChI=1S/C25H25F3N2O2/c26-22-13-11-19(12-14-22)15-29-24(31)23(18-32-25(27)28)30(16-20-7-3-1-4-8-20)17-21-9-5-2-6-10-21/h1-14,23,25H,15-18H2,(H,29,31). The fourth-order valence-electron chi connectivity index (χ4n) is 3.33. The quantitative estimate of drug-likeness (QED) is 0.466. The van der Waals surface area contributed by atoms with Gasteiger partial charge in [-0.1, -0.05) is 72.8 Å². The van der Waals surface area contributed by atoms with E-state index in [2.05, 4.69) is 10.1 Å². The molecule has 168 valence electrons. The molecule has 0 aliphatic heterocycles. The number of benzene rings is 3. The SMILES string of the molecule is O=C(NCc1ccc(F)cc1)C(COC(F)F)N(Cc1ccccc1)Cc1ccccc1. The summed E-state index contributed by atoms with van der Waals surface area (Å²) in [5.41, 5.74) is 2.58. The smallest absolute Gasteiger partial charge is 0.345 e. The van der Waals surface area contributed by atoms with Crippen molar-refractivity contribution in [2.24, 2.45) is 0 Å². The zero-order valence-corrected chi connectivity index (χ0v) is 17.5. The van der Waals surface area contributed by atoms with E-state index in [0.29, 0.717) is 18.7 Å². The Morgan fingerprint density at radius 1 is 0.812 bits per heavy atom. The van der Waals surface area contributed by atoms with E-state index in [1.165, 1.54) is 12.1 Å². The van der Waals surface area contributed by atoms with Gasteiger partial charge in [-0.3, -0.25) is 9.69 Å². The molecule has 0 heterocycles. The van der Waals surface area contributed by atoms with E-state index in [0.717, 1.165) is 11.1 Å². The van der Waals surface area contributed by atoms with Crippen LogP contribution in [0, 0.1) is 5.82 Å². The van der Waals surface area contributed by atoms with Gasteiger partial charge in [0.15, 0.2) is 0 Å². The average Bonchev–Trinajstić information content (AvgIpc) is 2.80. The lowest BCUT2D eigenvalue weighted by Gasteiger charge is -2.31. The molecule has 0 fully saturated rings. The van der Waals surface area contributed by atoms with E-state index in [1.807, 2.05) is 65.6 Å². The lowest BCUT2D eigenvalue weighted by Crippen LogP contribution is -2.49. The molecule has 7 heteroatoms. The highest BCUT2D eigenvalue weighted by Crippen LogP contribution is 2.16. The molecule has 1 N–H and O–H groups in total. The van der Waals surface area contributed by atoms with Crippen LogP contribution in [0.4, 0.5) is 13.2 Å². The van der Waals surface area contributed by atoms with E-state index < -0.39 is 25.2 Å². The van der Waals surface area contributed by atoms with Crippen LogP contribution in [-0.2, 0) is 29.2 Å². The minimum Gasteiger partial charge on any atom is -0.351 e. The Balaban J connectivity index is 1.80. The highest BCUT2D eigenvalue weighted by Gasteiger charge is 2.28. The van der Waals surface area contributed by atoms with Crippen LogP contribution in [-0.4, -0.2) is 30.1 Å². The van der Waals surface area contributed by atoms with Crippen LogP contribution in [0.2, 0.25) is 0 Å². The summed E-state index contributed by atoms with van der Waals surface area (Å²) in [4.78, 5) is 14.9. The van der Waals surface area contributed by atoms with Crippen LogP contribution >= 0.6 is 0 Å². The third kappa shape index (κ3) is 7.51. The summed E-state index contributed by atoms with van der Waals surface area (Å²) in [7, 11) is 0. The molecule has 0 radical (unpaired) electrons. The molecular weight excluding hydrogens is 417 g/mol. The normalized spacial score (nSPS) is 12.2. The molecule has 1 atom stereocenters. The van der Waals surface area contributed by atoms with Gasteiger partial charge >= 0.3 is 6.61 Å². The minimum atomic E-state index is -2.99. The lowest BCUT2D eigenvalue weighted by atomic mass is 10.1. The molecule has 3 aromatic carbocycles. The summed E-state index contributed by atoms with van der Waals surface area (Å²) >= 11 is 0. The molecular formula is C25H25F3N2O2. The van der Waals surface area contributed by atoms with Gasteiger partial charge in [0.1, 0.15) is 11.9 Å². The number of rotatable bonds is 11. The van der Waals surface area contributed by atoms with E-state index >= 15 is 0 Å². The molecule has 32 heavy (non-hydrogen) atoms. The molecule has 3 aromatic rings. The number of nitrogens with zero attached hydrogens (tertiary/aromatic N) is 1. The van der Waals surface area contributed by atoms with Crippen molar-refractivity contribution >= 4 is 5.91 Å². The van der Waals surface area contributed by atoms with Crippen LogP contribution in [0.15, 0.2) is 84.9 Å². The first-order chi connectivity index (χ1) is 15.5. The molecule has 0 aliphatic rings. The Morgan fingerprint density at radius 3 is 1.84 bits per heavy atom. The predicted molar refractivity (Wildman–Crippen MR) is 116 cm³/mol. The Kier molecular flexibility index (Phi) is 8.83. The van der Waals surface area contributed by atoms with Gasteiger partial charge < -0.3 is 10.1 Å². The number of carbonyl (C=O) groups is 1. The Hall–Kier alpha value is -3.16. The summed E-state index contributed by atoms with van der Waals surface area (Å²) in [5, 5.41) is 2.77. The molecule has 0 saturated carbocycles. The third-order valence-electron chi connectivity index (χ3n) is 4.96. The molecule has 0 aromatic heterocycles. The molecule has 3 rings (SSSR count). The van der Waals surface area contributed by atoms with Crippen molar-refractivity contribution in [1.29, 1.82) is 0 Å². The van der Waals surface area contributed by atoms with Crippen LogP contribution < -0.4 is 5.32 Å². The third-order valence-corrected chi connectivity index (χ3v) is 4.96. The maximum Gasteiger partial charge on any atom is 0.345 e. The predicted octanol–water partition coefficient (Wildman–Crippen LogP) is 4.75. The number of nitrogens with one attached hydrogen (secondary N) is 1. The van der Waals surface area contributed by atoms with E-state index in [9.17, 15) is 18.0 Å². The van der Waals surface area contributed by atoms with E-state index in [1.54, 1.807) is 12.1 Å². The molecule has 1 unspecified atom stereocenters. The van der Waals surface area contributed by atoms with Crippen molar-refractivity contribution < 1.29 is 22.7 Å². The van der Waals surface area contributed by atoms with Crippen molar-refractivity contribution in [3.05, 3.63) is 107 Å². The zero-order valence-electron chi connectivity index (χ0n) is 17.5. The fraction of sp³-hybridized carbons (Fsp3) is 0.240. The van der Waals surface area contributed by atoms with Crippen molar-refractivity contribution in [1.82, 2.24) is 10.2 Å². The highest BCUT2D eigenvalue weighted by molar-refractivity contribution is 5.81. The molecule has 0 aliphatic carbocycles. The van der Waals surface area contributed by atoms with E-state index in [-0.39, 0.29) is 12.4 Å². The fourth-order valence-corrected chi connectivity index (χ4v) is 3.33. The van der Waals surface area contributed by atoms with Gasteiger partial charge in [0.05, 0.1) is 6.61 Å². The topological polar surface area (TPSA) is 41.6 Å². The Bertz CT molecular complexity index is 912. The number of halogens is 3. The monoisotopic (exact) mass is 442 g/mol. The maximum atomic E-state index is 13.1. The summed E-state index contributed by atoms with van der Waals surface area (Å²) in [5.74, 6) is -0.818. The molecule has 0 bridgehead atoms. The van der Waals surface area contributed by atoms with Gasteiger partial charge in [-0.05, 0) is 28.8 Å². The van der Waals surface area contributed by atoms with Crippen LogP contribution in [0.1, 0.15) is 16.7 Å². The summed E-state index contributed by atoms with van der Waals surface area (Å²) < 4.78 is 43.4. The maximum absolute atomic E-state index is 13.1. The van der Waals surface area contributed by atoms with Gasteiger partial charge in [-0.2, -0.15) is 8.78 Å². The second kappa shape index (κ2) is 12.0.